The van der Waals surface area contributed by atoms with Crippen molar-refractivity contribution in [3.8, 4) is 0 Å². The molecule has 4 rings (SSSR count). The highest BCUT2D eigenvalue weighted by atomic mass is 16.5. The van der Waals surface area contributed by atoms with Crippen molar-refractivity contribution in [1.82, 2.24) is 14.9 Å². The smallest absolute Gasteiger partial charge is 0.289 e. The summed E-state index contributed by atoms with van der Waals surface area (Å²) >= 11 is 0. The van der Waals surface area contributed by atoms with Gasteiger partial charge in [0.25, 0.3) is 5.91 Å². The van der Waals surface area contributed by atoms with Gasteiger partial charge in [0.2, 0.25) is 0 Å². The zero-order valence-corrected chi connectivity index (χ0v) is 17.1. The van der Waals surface area contributed by atoms with E-state index in [2.05, 4.69) is 34.0 Å². The summed E-state index contributed by atoms with van der Waals surface area (Å²) in [4.78, 5) is 25.3. The molecule has 2 aliphatic heterocycles. The van der Waals surface area contributed by atoms with Gasteiger partial charge in [-0.05, 0) is 30.9 Å². The molecule has 2 fully saturated rings. The van der Waals surface area contributed by atoms with E-state index in [1.54, 1.807) is 18.5 Å². The number of rotatable bonds is 5. The van der Waals surface area contributed by atoms with Gasteiger partial charge in [0.1, 0.15) is 18.0 Å². The van der Waals surface area contributed by atoms with E-state index in [1.807, 2.05) is 11.0 Å². The van der Waals surface area contributed by atoms with Crippen LogP contribution in [0.2, 0.25) is 0 Å². The molecule has 0 spiro atoms. The van der Waals surface area contributed by atoms with Gasteiger partial charge in [-0.15, -0.1) is 0 Å². The van der Waals surface area contributed by atoms with Gasteiger partial charge in [0.15, 0.2) is 5.76 Å². The van der Waals surface area contributed by atoms with Crippen LogP contribution in [0.5, 0.6) is 0 Å². The monoisotopic (exact) mass is 399 g/mol. The molecule has 2 aromatic rings. The minimum Gasteiger partial charge on any atom is -0.459 e. The summed E-state index contributed by atoms with van der Waals surface area (Å²) in [7, 11) is 0. The maximum absolute atomic E-state index is 12.4. The third-order valence-electron chi connectivity index (χ3n) is 5.63. The molecule has 0 saturated carbocycles. The molecule has 1 amide bonds. The van der Waals surface area contributed by atoms with Crippen molar-refractivity contribution in [2.75, 3.05) is 43.0 Å². The molecule has 2 aliphatic rings. The molecule has 2 saturated heterocycles. The molecular weight excluding hydrogens is 370 g/mol. The number of carbonyl (C=O) groups is 1. The molecule has 0 bridgehead atoms. The first kappa shape index (κ1) is 19.7. The number of anilines is 2. The molecule has 29 heavy (non-hydrogen) atoms. The highest BCUT2D eigenvalue weighted by Crippen LogP contribution is 2.25. The second-order valence-corrected chi connectivity index (χ2v) is 7.99. The summed E-state index contributed by atoms with van der Waals surface area (Å²) < 4.78 is 11.2. The lowest BCUT2D eigenvalue weighted by Gasteiger charge is -2.36. The molecule has 0 unspecified atom stereocenters. The van der Waals surface area contributed by atoms with Crippen LogP contribution in [0.3, 0.4) is 0 Å². The van der Waals surface area contributed by atoms with E-state index < -0.39 is 0 Å². The number of nitrogens with one attached hydrogen (secondary N) is 1. The summed E-state index contributed by atoms with van der Waals surface area (Å²) in [6.07, 6.45) is 5.46. The van der Waals surface area contributed by atoms with Crippen LogP contribution in [-0.4, -0.2) is 65.7 Å². The number of aromatic nitrogens is 2. The molecule has 2 aromatic heterocycles. The van der Waals surface area contributed by atoms with Crippen molar-refractivity contribution < 1.29 is 13.9 Å². The highest BCUT2D eigenvalue weighted by Gasteiger charge is 2.29. The maximum atomic E-state index is 12.4. The number of furan rings is 1. The standard InChI is InChI=1S/C21H29N5O3/c1-15(2)20-16(5-3-12-29-20)24-18-13-19(23-14-22-18)25-7-9-26(10-8-25)21(27)17-6-4-11-28-17/h4,6,11,13-16,20H,3,5,7-10,12H2,1-2H3,(H,22,23,24)/t16-,20+/m1/s1. The predicted octanol–water partition coefficient (Wildman–Crippen LogP) is 2.65. The summed E-state index contributed by atoms with van der Waals surface area (Å²) in [5.41, 5.74) is 0. The Morgan fingerprint density at radius 3 is 2.79 bits per heavy atom. The molecule has 0 radical (unpaired) electrons. The SMILES string of the molecule is CC(C)[C@@H]1OCCC[C@H]1Nc1cc(N2CCN(C(=O)c3ccco3)CC2)ncn1. The van der Waals surface area contributed by atoms with Crippen LogP contribution in [0.15, 0.2) is 35.2 Å². The highest BCUT2D eigenvalue weighted by molar-refractivity contribution is 5.91. The Hall–Kier alpha value is -2.61. The van der Waals surface area contributed by atoms with Gasteiger partial charge in [-0.25, -0.2) is 9.97 Å². The Bertz CT molecular complexity index is 802. The van der Waals surface area contributed by atoms with Crippen LogP contribution in [0.25, 0.3) is 0 Å². The average Bonchev–Trinajstić information content (AvgIpc) is 3.29. The lowest BCUT2D eigenvalue weighted by molar-refractivity contribution is -0.0203. The molecule has 4 heterocycles. The first-order valence-corrected chi connectivity index (χ1v) is 10.4. The Morgan fingerprint density at radius 2 is 2.07 bits per heavy atom. The molecule has 0 aromatic carbocycles. The normalized spacial score (nSPS) is 22.7. The molecule has 1 N–H and O–H groups in total. The fourth-order valence-electron chi connectivity index (χ4n) is 4.10. The van der Waals surface area contributed by atoms with Crippen molar-refractivity contribution in [3.63, 3.8) is 0 Å². The first-order chi connectivity index (χ1) is 14.1. The van der Waals surface area contributed by atoms with Crippen molar-refractivity contribution in [1.29, 1.82) is 0 Å². The van der Waals surface area contributed by atoms with Crippen LogP contribution in [0, 0.1) is 5.92 Å². The van der Waals surface area contributed by atoms with Crippen LogP contribution >= 0.6 is 0 Å². The third-order valence-corrected chi connectivity index (χ3v) is 5.63. The number of hydrogen-bond acceptors (Lipinski definition) is 7. The molecule has 2 atom stereocenters. The Morgan fingerprint density at radius 1 is 1.24 bits per heavy atom. The maximum Gasteiger partial charge on any atom is 0.289 e. The third kappa shape index (κ3) is 4.53. The van der Waals surface area contributed by atoms with E-state index in [1.165, 1.54) is 6.26 Å². The van der Waals surface area contributed by atoms with Crippen LogP contribution < -0.4 is 10.2 Å². The number of ether oxygens (including phenoxy) is 1. The number of piperazine rings is 1. The number of nitrogens with zero attached hydrogens (tertiary/aromatic N) is 4. The second-order valence-electron chi connectivity index (χ2n) is 7.99. The van der Waals surface area contributed by atoms with Gasteiger partial charge in [-0.1, -0.05) is 13.8 Å². The fourth-order valence-corrected chi connectivity index (χ4v) is 4.10. The zero-order chi connectivity index (χ0) is 20.2. The quantitative estimate of drug-likeness (QED) is 0.827. The average molecular weight is 399 g/mol. The molecular formula is C21H29N5O3. The summed E-state index contributed by atoms with van der Waals surface area (Å²) in [6.45, 7) is 7.95. The van der Waals surface area contributed by atoms with E-state index in [0.29, 0.717) is 24.8 Å². The summed E-state index contributed by atoms with van der Waals surface area (Å²) in [5.74, 6) is 2.49. The van der Waals surface area contributed by atoms with E-state index in [4.69, 9.17) is 9.15 Å². The van der Waals surface area contributed by atoms with Gasteiger partial charge in [-0.3, -0.25) is 4.79 Å². The molecule has 156 valence electrons. The van der Waals surface area contributed by atoms with Gasteiger partial charge in [0, 0.05) is 38.9 Å². The number of carbonyl (C=O) groups excluding carboxylic acids is 1. The van der Waals surface area contributed by atoms with Crippen molar-refractivity contribution in [2.45, 2.75) is 38.8 Å². The predicted molar refractivity (Wildman–Crippen MR) is 110 cm³/mol. The Labute approximate surface area is 171 Å². The van der Waals surface area contributed by atoms with Gasteiger partial charge in [0.05, 0.1) is 18.4 Å². The minimum absolute atomic E-state index is 0.0586. The molecule has 8 heteroatoms. The minimum atomic E-state index is -0.0586. The lowest BCUT2D eigenvalue weighted by Crippen LogP contribution is -2.49. The van der Waals surface area contributed by atoms with E-state index in [-0.39, 0.29) is 18.1 Å². The van der Waals surface area contributed by atoms with Crippen LogP contribution in [0.4, 0.5) is 11.6 Å². The van der Waals surface area contributed by atoms with Crippen LogP contribution in [-0.2, 0) is 4.74 Å². The number of hydrogen-bond donors (Lipinski definition) is 1. The molecule has 0 aliphatic carbocycles. The topological polar surface area (TPSA) is 83.7 Å². The van der Waals surface area contributed by atoms with Gasteiger partial charge >= 0.3 is 0 Å². The zero-order valence-electron chi connectivity index (χ0n) is 17.1. The van der Waals surface area contributed by atoms with Crippen LogP contribution in [0.1, 0.15) is 37.2 Å². The largest absolute Gasteiger partial charge is 0.459 e. The molecule has 8 nitrogen and oxygen atoms in total. The number of amides is 1. The summed E-state index contributed by atoms with van der Waals surface area (Å²) in [6, 6.07) is 5.70. The summed E-state index contributed by atoms with van der Waals surface area (Å²) in [5, 5.41) is 3.56. The second kappa shape index (κ2) is 8.82. The van der Waals surface area contributed by atoms with Gasteiger partial charge in [-0.2, -0.15) is 0 Å². The van der Waals surface area contributed by atoms with Crippen molar-refractivity contribution in [3.05, 3.63) is 36.5 Å². The van der Waals surface area contributed by atoms with Crippen molar-refractivity contribution in [2.24, 2.45) is 5.92 Å². The van der Waals surface area contributed by atoms with Crippen molar-refractivity contribution >= 4 is 17.5 Å². The Kier molecular flexibility index (Phi) is 5.99. The van der Waals surface area contributed by atoms with E-state index in [0.717, 1.165) is 44.2 Å². The Balaban J connectivity index is 1.37. The lowest BCUT2D eigenvalue weighted by atomic mass is 9.94. The van der Waals surface area contributed by atoms with E-state index in [9.17, 15) is 4.79 Å². The van der Waals surface area contributed by atoms with E-state index >= 15 is 0 Å². The fraction of sp³-hybridized carbons (Fsp3) is 0.571. The first-order valence-electron chi connectivity index (χ1n) is 10.4. The van der Waals surface area contributed by atoms with Gasteiger partial charge < -0.3 is 24.3 Å².